The molecule has 0 spiro atoms. The Kier molecular flexibility index (Phi) is 9.73. The van der Waals surface area contributed by atoms with Gasteiger partial charge < -0.3 is 25.4 Å². The zero-order valence-corrected chi connectivity index (χ0v) is 13.5. The van der Waals surface area contributed by atoms with Crippen molar-refractivity contribution in [3.05, 3.63) is 24.3 Å². The van der Waals surface area contributed by atoms with E-state index in [-0.39, 0.29) is 37.3 Å². The first kappa shape index (κ1) is 20.0. The number of ether oxygens (including phenoxy) is 2. The number of likely N-dealkylation sites (N-methyl/N-ethyl adjacent to an activating group) is 1. The van der Waals surface area contributed by atoms with Gasteiger partial charge in [0.25, 0.3) is 0 Å². The van der Waals surface area contributed by atoms with Gasteiger partial charge in [-0.25, -0.2) is 0 Å². The fraction of sp³-hybridized carbons (Fsp3) is 0.429. The number of nitrogens with two attached hydrogens (primary N) is 1. The molecule has 0 aliphatic rings. The van der Waals surface area contributed by atoms with Crippen LogP contribution in [0.15, 0.2) is 24.3 Å². The zero-order chi connectivity index (χ0) is 15.7. The van der Waals surface area contributed by atoms with Crippen LogP contribution in [0, 0.1) is 0 Å². The van der Waals surface area contributed by atoms with Gasteiger partial charge in [-0.15, -0.1) is 12.4 Å². The summed E-state index contributed by atoms with van der Waals surface area (Å²) in [6.07, 6.45) is 0. The highest BCUT2D eigenvalue weighted by molar-refractivity contribution is 5.85. The van der Waals surface area contributed by atoms with E-state index < -0.39 is 0 Å². The van der Waals surface area contributed by atoms with Crippen LogP contribution in [0.4, 0.5) is 0 Å². The molecule has 0 saturated carbocycles. The minimum Gasteiger partial charge on any atom is -0.493 e. The molecule has 7 nitrogen and oxygen atoms in total. The molecule has 0 heterocycles. The molecule has 0 unspecified atom stereocenters. The number of hydrogen-bond acceptors (Lipinski definition) is 5. The first-order valence-electron chi connectivity index (χ1n) is 6.55. The zero-order valence-electron chi connectivity index (χ0n) is 12.7. The van der Waals surface area contributed by atoms with Crippen LogP contribution in [0.1, 0.15) is 0 Å². The maximum atomic E-state index is 11.7. The number of carbonyl (C=O) groups is 2. The lowest BCUT2D eigenvalue weighted by atomic mass is 10.3. The molecule has 1 rings (SSSR count). The van der Waals surface area contributed by atoms with Crippen molar-refractivity contribution >= 4 is 24.2 Å². The average molecular weight is 332 g/mol. The number of para-hydroxylation sites is 2. The summed E-state index contributed by atoms with van der Waals surface area (Å²) in [5, 5.41) is 2.42. The van der Waals surface area contributed by atoms with Crippen LogP contribution in [0.3, 0.4) is 0 Å². The van der Waals surface area contributed by atoms with Crippen LogP contribution in [0.2, 0.25) is 0 Å². The molecule has 0 bridgehead atoms. The molecule has 0 aliphatic carbocycles. The van der Waals surface area contributed by atoms with Gasteiger partial charge in [0.2, 0.25) is 11.8 Å². The smallest absolute Gasteiger partial charge is 0.241 e. The van der Waals surface area contributed by atoms with Crippen LogP contribution >= 0.6 is 12.4 Å². The second-order valence-electron chi connectivity index (χ2n) is 4.30. The van der Waals surface area contributed by atoms with Gasteiger partial charge in [0.15, 0.2) is 11.5 Å². The van der Waals surface area contributed by atoms with E-state index in [0.717, 1.165) is 0 Å². The quantitative estimate of drug-likeness (QED) is 0.701. The Labute approximate surface area is 136 Å². The fourth-order valence-electron chi connectivity index (χ4n) is 1.54. The molecule has 1 aromatic carbocycles. The van der Waals surface area contributed by atoms with Crippen LogP contribution in [0.5, 0.6) is 11.5 Å². The molecular weight excluding hydrogens is 310 g/mol. The second kappa shape index (κ2) is 10.7. The summed E-state index contributed by atoms with van der Waals surface area (Å²) in [7, 11) is 3.21. The fourth-order valence-corrected chi connectivity index (χ4v) is 1.54. The number of benzene rings is 1. The number of carbonyl (C=O) groups excluding carboxylic acids is 2. The van der Waals surface area contributed by atoms with Gasteiger partial charge >= 0.3 is 0 Å². The lowest BCUT2D eigenvalue weighted by Crippen LogP contribution is -2.41. The van der Waals surface area contributed by atoms with Crippen LogP contribution in [0.25, 0.3) is 0 Å². The SMILES string of the molecule is COc1ccccc1OCCN(C)C(=O)CNC(=O)CN.Cl. The maximum absolute atomic E-state index is 11.7. The molecule has 0 radical (unpaired) electrons. The highest BCUT2D eigenvalue weighted by Crippen LogP contribution is 2.25. The highest BCUT2D eigenvalue weighted by Gasteiger charge is 2.10. The molecule has 8 heteroatoms. The number of hydrogen-bond donors (Lipinski definition) is 2. The molecule has 0 aliphatic heterocycles. The second-order valence-corrected chi connectivity index (χ2v) is 4.30. The molecule has 3 N–H and O–H groups in total. The highest BCUT2D eigenvalue weighted by atomic mass is 35.5. The Morgan fingerprint density at radius 1 is 1.27 bits per heavy atom. The Morgan fingerprint density at radius 2 is 1.91 bits per heavy atom. The Bertz CT molecular complexity index is 485. The van der Waals surface area contributed by atoms with E-state index in [1.165, 1.54) is 4.90 Å². The summed E-state index contributed by atoms with van der Waals surface area (Å²) < 4.78 is 10.7. The van der Waals surface area contributed by atoms with E-state index in [2.05, 4.69) is 5.32 Å². The Morgan fingerprint density at radius 3 is 2.50 bits per heavy atom. The minimum absolute atomic E-state index is 0. The Balaban J connectivity index is 0.00000441. The number of nitrogens with one attached hydrogen (secondary N) is 1. The van der Waals surface area contributed by atoms with Crippen LogP contribution in [-0.4, -0.2) is 57.1 Å². The summed E-state index contributed by atoms with van der Waals surface area (Å²) in [4.78, 5) is 24.2. The Hall–Kier alpha value is -1.99. The first-order chi connectivity index (χ1) is 10.1. The first-order valence-corrected chi connectivity index (χ1v) is 6.55. The third kappa shape index (κ3) is 6.64. The predicted octanol–water partition coefficient (Wildman–Crippen LogP) is 0.0291. The van der Waals surface area contributed by atoms with Crippen molar-refractivity contribution in [2.45, 2.75) is 0 Å². The number of methoxy groups -OCH3 is 1. The van der Waals surface area contributed by atoms with Gasteiger partial charge in [-0.2, -0.15) is 0 Å². The number of amides is 2. The molecule has 2 amide bonds. The van der Waals surface area contributed by atoms with Gasteiger partial charge in [-0.1, -0.05) is 12.1 Å². The van der Waals surface area contributed by atoms with E-state index in [0.29, 0.717) is 24.7 Å². The largest absolute Gasteiger partial charge is 0.493 e. The molecule has 0 atom stereocenters. The van der Waals surface area contributed by atoms with E-state index in [1.807, 2.05) is 12.1 Å². The lowest BCUT2D eigenvalue weighted by molar-refractivity contribution is -0.131. The monoisotopic (exact) mass is 331 g/mol. The van der Waals surface area contributed by atoms with E-state index in [1.54, 1.807) is 26.3 Å². The van der Waals surface area contributed by atoms with Crippen molar-refractivity contribution in [1.29, 1.82) is 0 Å². The predicted molar refractivity (Wildman–Crippen MR) is 85.4 cm³/mol. The average Bonchev–Trinajstić information content (AvgIpc) is 2.52. The van der Waals surface area contributed by atoms with Gasteiger partial charge in [0.05, 0.1) is 26.7 Å². The van der Waals surface area contributed by atoms with E-state index in [9.17, 15) is 9.59 Å². The molecule has 1 aromatic rings. The van der Waals surface area contributed by atoms with Gasteiger partial charge in [0.1, 0.15) is 6.61 Å². The summed E-state index contributed by atoms with van der Waals surface area (Å²) >= 11 is 0. The molecule has 0 saturated heterocycles. The van der Waals surface area contributed by atoms with Gasteiger partial charge in [-0.05, 0) is 12.1 Å². The minimum atomic E-state index is -0.359. The normalized spacial score (nSPS) is 9.41. The van der Waals surface area contributed by atoms with Crippen molar-refractivity contribution in [1.82, 2.24) is 10.2 Å². The summed E-state index contributed by atoms with van der Waals surface area (Å²) in [6.45, 7) is 0.526. The van der Waals surface area contributed by atoms with Gasteiger partial charge in [0, 0.05) is 7.05 Å². The van der Waals surface area contributed by atoms with Crippen molar-refractivity contribution in [2.24, 2.45) is 5.73 Å². The number of halogens is 1. The summed E-state index contributed by atoms with van der Waals surface area (Å²) in [5.74, 6) is 0.696. The molecule has 0 aromatic heterocycles. The molecule has 0 fully saturated rings. The maximum Gasteiger partial charge on any atom is 0.241 e. The third-order valence-electron chi connectivity index (χ3n) is 2.80. The summed E-state index contributed by atoms with van der Waals surface area (Å²) in [6, 6.07) is 7.28. The molecular formula is C14H22ClN3O4. The van der Waals surface area contributed by atoms with Crippen molar-refractivity contribution in [3.63, 3.8) is 0 Å². The van der Waals surface area contributed by atoms with Crippen LogP contribution in [-0.2, 0) is 9.59 Å². The van der Waals surface area contributed by atoms with E-state index >= 15 is 0 Å². The van der Waals surface area contributed by atoms with Crippen molar-refractivity contribution in [3.8, 4) is 11.5 Å². The lowest BCUT2D eigenvalue weighted by Gasteiger charge is -2.18. The topological polar surface area (TPSA) is 93.9 Å². The molecule has 22 heavy (non-hydrogen) atoms. The van der Waals surface area contributed by atoms with Crippen molar-refractivity contribution < 1.29 is 19.1 Å². The third-order valence-corrected chi connectivity index (χ3v) is 2.80. The van der Waals surface area contributed by atoms with Crippen molar-refractivity contribution in [2.75, 3.05) is 40.4 Å². The number of nitrogens with zero attached hydrogens (tertiary/aromatic N) is 1. The standard InChI is InChI=1S/C14H21N3O4.ClH/c1-17(14(19)10-16-13(18)9-15)7-8-21-12-6-4-3-5-11(12)20-2;/h3-6H,7-10,15H2,1-2H3,(H,16,18);1H. The summed E-state index contributed by atoms with van der Waals surface area (Å²) in [5.41, 5.74) is 5.14. The molecule has 124 valence electrons. The van der Waals surface area contributed by atoms with Gasteiger partial charge in [-0.3, -0.25) is 9.59 Å². The number of rotatable bonds is 8. The van der Waals surface area contributed by atoms with E-state index in [4.69, 9.17) is 15.2 Å². The van der Waals surface area contributed by atoms with Crippen LogP contribution < -0.4 is 20.5 Å².